The second-order valence-corrected chi connectivity index (χ2v) is 5.79. The van der Waals surface area contributed by atoms with E-state index in [2.05, 4.69) is 45.0 Å². The molecule has 0 fully saturated rings. The van der Waals surface area contributed by atoms with E-state index in [0.29, 0.717) is 6.10 Å². The van der Waals surface area contributed by atoms with Gasteiger partial charge in [0.25, 0.3) is 0 Å². The van der Waals surface area contributed by atoms with Crippen molar-refractivity contribution >= 4 is 0 Å². The van der Waals surface area contributed by atoms with E-state index in [1.807, 2.05) is 6.07 Å². The molecule has 2 unspecified atom stereocenters. The van der Waals surface area contributed by atoms with E-state index in [0.717, 1.165) is 12.5 Å². The number of hydrogen-bond acceptors (Lipinski definition) is 1. The fourth-order valence-corrected chi connectivity index (χ4v) is 2.30. The van der Waals surface area contributed by atoms with E-state index in [1.54, 1.807) is 0 Å². The highest BCUT2D eigenvalue weighted by Crippen LogP contribution is 2.17. The maximum Gasteiger partial charge on any atom is 0.0720 e. The molecule has 0 amide bonds. The number of rotatable bonds is 10. The third-order valence-electron chi connectivity index (χ3n) is 3.74. The van der Waals surface area contributed by atoms with Gasteiger partial charge in [-0.1, -0.05) is 69.9 Å². The van der Waals surface area contributed by atoms with Crippen LogP contribution >= 0.6 is 0 Å². The number of benzene rings is 1. The van der Waals surface area contributed by atoms with Gasteiger partial charge in [-0.05, 0) is 31.2 Å². The molecule has 19 heavy (non-hydrogen) atoms. The molecule has 0 saturated carbocycles. The zero-order chi connectivity index (χ0) is 13.9. The van der Waals surface area contributed by atoms with Gasteiger partial charge in [-0.2, -0.15) is 0 Å². The summed E-state index contributed by atoms with van der Waals surface area (Å²) in [6.07, 6.45) is 8.30. The highest BCUT2D eigenvalue weighted by atomic mass is 16.5. The molecule has 0 aliphatic heterocycles. The van der Waals surface area contributed by atoms with Gasteiger partial charge in [0.15, 0.2) is 0 Å². The third-order valence-corrected chi connectivity index (χ3v) is 3.74. The first-order valence-electron chi connectivity index (χ1n) is 7.88. The topological polar surface area (TPSA) is 9.23 Å². The minimum absolute atomic E-state index is 0.369. The fourth-order valence-electron chi connectivity index (χ4n) is 2.30. The zero-order valence-corrected chi connectivity index (χ0v) is 12.9. The molecule has 108 valence electrons. The standard InChI is InChI=1S/C18H30O/c1-4-5-7-10-16(2)13-14-17(3)19-15-18-11-8-6-9-12-18/h6,8-9,11-12,16-17H,4-5,7,10,13-15H2,1-3H3. The van der Waals surface area contributed by atoms with Crippen molar-refractivity contribution in [2.75, 3.05) is 0 Å². The first kappa shape index (κ1) is 16.2. The van der Waals surface area contributed by atoms with Crippen molar-refractivity contribution in [2.45, 2.75) is 72.0 Å². The summed E-state index contributed by atoms with van der Waals surface area (Å²) < 4.78 is 5.90. The highest BCUT2D eigenvalue weighted by molar-refractivity contribution is 5.13. The summed E-state index contributed by atoms with van der Waals surface area (Å²) in [5.74, 6) is 0.842. The Balaban J connectivity index is 2.09. The second-order valence-electron chi connectivity index (χ2n) is 5.79. The Kier molecular flexibility index (Phi) is 8.57. The van der Waals surface area contributed by atoms with Crippen LogP contribution in [0.2, 0.25) is 0 Å². The summed E-state index contributed by atoms with van der Waals surface area (Å²) in [6, 6.07) is 10.4. The Labute approximate surface area is 119 Å². The van der Waals surface area contributed by atoms with Crippen LogP contribution in [0.15, 0.2) is 30.3 Å². The molecule has 1 nitrogen and oxygen atoms in total. The van der Waals surface area contributed by atoms with Gasteiger partial charge in [-0.25, -0.2) is 0 Å². The van der Waals surface area contributed by atoms with Gasteiger partial charge in [-0.3, -0.25) is 0 Å². The van der Waals surface area contributed by atoms with Crippen LogP contribution in [-0.2, 0) is 11.3 Å². The van der Waals surface area contributed by atoms with E-state index in [-0.39, 0.29) is 0 Å². The SMILES string of the molecule is CCCCCC(C)CCC(C)OCc1ccccc1. The minimum Gasteiger partial charge on any atom is -0.374 e. The third kappa shape index (κ3) is 8.05. The summed E-state index contributed by atoms with van der Waals surface area (Å²) in [6.45, 7) is 7.58. The number of hydrogen-bond donors (Lipinski definition) is 0. The van der Waals surface area contributed by atoms with Crippen molar-refractivity contribution in [1.29, 1.82) is 0 Å². The monoisotopic (exact) mass is 262 g/mol. The van der Waals surface area contributed by atoms with E-state index in [4.69, 9.17) is 4.74 Å². The molecule has 0 N–H and O–H groups in total. The predicted molar refractivity (Wildman–Crippen MR) is 83.2 cm³/mol. The summed E-state index contributed by atoms with van der Waals surface area (Å²) in [4.78, 5) is 0. The maximum atomic E-state index is 5.90. The average Bonchev–Trinajstić information content (AvgIpc) is 2.44. The van der Waals surface area contributed by atoms with Crippen LogP contribution in [0.4, 0.5) is 0 Å². The van der Waals surface area contributed by atoms with Gasteiger partial charge in [0, 0.05) is 0 Å². The fraction of sp³-hybridized carbons (Fsp3) is 0.667. The van der Waals surface area contributed by atoms with E-state index in [9.17, 15) is 0 Å². The van der Waals surface area contributed by atoms with Crippen LogP contribution in [0.25, 0.3) is 0 Å². The van der Waals surface area contributed by atoms with Gasteiger partial charge in [0.1, 0.15) is 0 Å². The van der Waals surface area contributed by atoms with Gasteiger partial charge in [0.05, 0.1) is 12.7 Å². The van der Waals surface area contributed by atoms with Crippen LogP contribution in [-0.4, -0.2) is 6.10 Å². The number of ether oxygens (including phenoxy) is 1. The molecular formula is C18H30O. The van der Waals surface area contributed by atoms with Gasteiger partial charge < -0.3 is 4.74 Å². The molecule has 0 heterocycles. The second kappa shape index (κ2) is 10.0. The Morgan fingerprint density at radius 3 is 2.37 bits per heavy atom. The quantitative estimate of drug-likeness (QED) is 0.499. The first-order valence-corrected chi connectivity index (χ1v) is 7.88. The Bertz CT molecular complexity index is 307. The van der Waals surface area contributed by atoms with E-state index < -0.39 is 0 Å². The van der Waals surface area contributed by atoms with Gasteiger partial charge in [0.2, 0.25) is 0 Å². The molecule has 2 atom stereocenters. The summed E-state index contributed by atoms with van der Waals surface area (Å²) in [5.41, 5.74) is 1.27. The molecule has 0 spiro atoms. The lowest BCUT2D eigenvalue weighted by atomic mass is 9.97. The van der Waals surface area contributed by atoms with E-state index in [1.165, 1.54) is 44.1 Å². The summed E-state index contributed by atoms with van der Waals surface area (Å²) >= 11 is 0. The lowest BCUT2D eigenvalue weighted by Gasteiger charge is -2.16. The molecule has 1 aromatic rings. The van der Waals surface area contributed by atoms with Crippen molar-refractivity contribution in [3.05, 3.63) is 35.9 Å². The summed E-state index contributed by atoms with van der Waals surface area (Å²) in [5, 5.41) is 0. The molecule has 1 heteroatoms. The zero-order valence-electron chi connectivity index (χ0n) is 12.9. The Hall–Kier alpha value is -0.820. The largest absolute Gasteiger partial charge is 0.374 e. The van der Waals surface area contributed by atoms with Gasteiger partial charge >= 0.3 is 0 Å². The molecule has 0 bridgehead atoms. The summed E-state index contributed by atoms with van der Waals surface area (Å²) in [7, 11) is 0. The van der Waals surface area contributed by atoms with Crippen LogP contribution < -0.4 is 0 Å². The molecular weight excluding hydrogens is 232 g/mol. The molecule has 1 rings (SSSR count). The smallest absolute Gasteiger partial charge is 0.0720 e. The minimum atomic E-state index is 0.369. The van der Waals surface area contributed by atoms with Crippen LogP contribution in [0.1, 0.15) is 64.9 Å². The molecule has 0 aliphatic rings. The highest BCUT2D eigenvalue weighted by Gasteiger charge is 2.07. The molecule has 0 aliphatic carbocycles. The Morgan fingerprint density at radius 1 is 0.947 bits per heavy atom. The average molecular weight is 262 g/mol. The first-order chi connectivity index (χ1) is 9.22. The van der Waals surface area contributed by atoms with Crippen LogP contribution in [0.5, 0.6) is 0 Å². The number of unbranched alkanes of at least 4 members (excludes halogenated alkanes) is 2. The predicted octanol–water partition coefficient (Wildman–Crippen LogP) is 5.59. The lowest BCUT2D eigenvalue weighted by Crippen LogP contribution is -2.10. The van der Waals surface area contributed by atoms with Crippen molar-refractivity contribution in [1.82, 2.24) is 0 Å². The van der Waals surface area contributed by atoms with Crippen LogP contribution in [0, 0.1) is 5.92 Å². The Morgan fingerprint density at radius 2 is 1.68 bits per heavy atom. The van der Waals surface area contributed by atoms with Crippen molar-refractivity contribution in [3.8, 4) is 0 Å². The van der Waals surface area contributed by atoms with E-state index >= 15 is 0 Å². The molecule has 0 radical (unpaired) electrons. The molecule has 0 aromatic heterocycles. The molecule has 1 aromatic carbocycles. The normalized spacial score (nSPS) is 14.3. The van der Waals surface area contributed by atoms with Crippen LogP contribution in [0.3, 0.4) is 0 Å². The molecule has 0 saturated heterocycles. The van der Waals surface area contributed by atoms with Crippen molar-refractivity contribution in [2.24, 2.45) is 5.92 Å². The van der Waals surface area contributed by atoms with Gasteiger partial charge in [-0.15, -0.1) is 0 Å². The van der Waals surface area contributed by atoms with Crippen molar-refractivity contribution in [3.63, 3.8) is 0 Å². The lowest BCUT2D eigenvalue weighted by molar-refractivity contribution is 0.0434. The maximum absolute atomic E-state index is 5.90. The van der Waals surface area contributed by atoms with Crippen molar-refractivity contribution < 1.29 is 4.74 Å².